The van der Waals surface area contributed by atoms with Gasteiger partial charge in [-0.1, -0.05) is 37.3 Å². The van der Waals surface area contributed by atoms with Gasteiger partial charge in [-0.25, -0.2) is 4.79 Å². The Balaban J connectivity index is 1.83. The van der Waals surface area contributed by atoms with Crippen molar-refractivity contribution in [2.75, 3.05) is 6.61 Å². The first-order valence-corrected chi connectivity index (χ1v) is 6.25. The molecule has 0 aliphatic carbocycles. The minimum Gasteiger partial charge on any atom is -0.482 e. The zero-order valence-corrected chi connectivity index (χ0v) is 10.8. The normalized spacial score (nSPS) is 9.95. The average molecular weight is 256 g/mol. The molecule has 2 aromatic carbocycles. The molecule has 3 nitrogen and oxygen atoms in total. The van der Waals surface area contributed by atoms with Crippen molar-refractivity contribution in [1.82, 2.24) is 0 Å². The molecule has 0 saturated heterocycles. The maximum absolute atomic E-state index is 11.6. The smallest absolute Gasteiger partial charge is 0.349 e. The van der Waals surface area contributed by atoms with Crippen LogP contribution in [-0.2, 0) is 11.2 Å². The third kappa shape index (κ3) is 4.14. The van der Waals surface area contributed by atoms with Gasteiger partial charge in [-0.05, 0) is 36.2 Å². The molecule has 0 aliphatic rings. The largest absolute Gasteiger partial charge is 0.482 e. The Morgan fingerprint density at radius 2 is 1.63 bits per heavy atom. The van der Waals surface area contributed by atoms with E-state index < -0.39 is 5.97 Å². The molecule has 0 fully saturated rings. The zero-order chi connectivity index (χ0) is 13.5. The number of carbonyl (C=O) groups excluding carboxylic acids is 1. The molecule has 0 heterocycles. The highest BCUT2D eigenvalue weighted by atomic mass is 16.6. The lowest BCUT2D eigenvalue weighted by molar-refractivity contribution is -0.136. The minimum atomic E-state index is -0.409. The van der Waals surface area contributed by atoms with Gasteiger partial charge in [0.05, 0.1) is 0 Å². The second-order valence-electron chi connectivity index (χ2n) is 4.07. The number of hydrogen-bond donors (Lipinski definition) is 0. The number of ether oxygens (including phenoxy) is 2. The molecule has 0 atom stereocenters. The fourth-order valence-electron chi connectivity index (χ4n) is 1.61. The van der Waals surface area contributed by atoms with Crippen LogP contribution in [0.1, 0.15) is 12.5 Å². The summed E-state index contributed by atoms with van der Waals surface area (Å²) in [6.07, 6.45) is 0.964. The third-order valence-electron chi connectivity index (χ3n) is 2.66. The van der Waals surface area contributed by atoms with Crippen LogP contribution in [0.25, 0.3) is 0 Å². The van der Waals surface area contributed by atoms with Gasteiger partial charge in [0.1, 0.15) is 11.5 Å². The molecular formula is C16H16O3. The van der Waals surface area contributed by atoms with Gasteiger partial charge >= 0.3 is 5.97 Å². The summed E-state index contributed by atoms with van der Waals surface area (Å²) in [5.74, 6) is 0.785. The number of aryl methyl sites for hydroxylation is 1. The van der Waals surface area contributed by atoms with Gasteiger partial charge in [-0.3, -0.25) is 0 Å². The zero-order valence-electron chi connectivity index (χ0n) is 10.8. The third-order valence-corrected chi connectivity index (χ3v) is 2.66. The predicted octanol–water partition coefficient (Wildman–Crippen LogP) is 3.23. The van der Waals surface area contributed by atoms with Crippen LogP contribution < -0.4 is 9.47 Å². The first-order valence-electron chi connectivity index (χ1n) is 6.25. The Labute approximate surface area is 112 Å². The Kier molecular flexibility index (Phi) is 4.56. The van der Waals surface area contributed by atoms with Crippen LogP contribution in [-0.4, -0.2) is 12.6 Å². The summed E-state index contributed by atoms with van der Waals surface area (Å²) in [6, 6.07) is 16.7. The van der Waals surface area contributed by atoms with Crippen LogP contribution in [0, 0.1) is 0 Å². The lowest BCUT2D eigenvalue weighted by Gasteiger charge is -2.07. The molecule has 0 spiro atoms. The molecule has 0 amide bonds. The van der Waals surface area contributed by atoms with E-state index in [2.05, 4.69) is 6.92 Å². The summed E-state index contributed by atoms with van der Waals surface area (Å²) < 4.78 is 10.5. The Morgan fingerprint density at radius 1 is 0.947 bits per heavy atom. The monoisotopic (exact) mass is 256 g/mol. The van der Waals surface area contributed by atoms with Crippen LogP contribution in [0.5, 0.6) is 11.5 Å². The van der Waals surface area contributed by atoms with E-state index in [-0.39, 0.29) is 6.61 Å². The van der Waals surface area contributed by atoms with Gasteiger partial charge < -0.3 is 9.47 Å². The van der Waals surface area contributed by atoms with Gasteiger partial charge in [0.15, 0.2) is 6.61 Å². The first kappa shape index (κ1) is 13.1. The first-order chi connectivity index (χ1) is 9.28. The lowest BCUT2D eigenvalue weighted by atomic mass is 10.2. The van der Waals surface area contributed by atoms with Crippen molar-refractivity contribution < 1.29 is 14.3 Å². The summed E-state index contributed by atoms with van der Waals surface area (Å²) in [6.45, 7) is 1.98. The number of para-hydroxylation sites is 1. The quantitative estimate of drug-likeness (QED) is 0.608. The fourth-order valence-corrected chi connectivity index (χ4v) is 1.61. The van der Waals surface area contributed by atoms with Crippen molar-refractivity contribution in [3.63, 3.8) is 0 Å². The number of carbonyl (C=O) groups is 1. The number of esters is 1. The average Bonchev–Trinajstić information content (AvgIpc) is 2.47. The number of hydrogen-bond acceptors (Lipinski definition) is 3. The Morgan fingerprint density at radius 3 is 2.26 bits per heavy atom. The van der Waals surface area contributed by atoms with Crippen molar-refractivity contribution in [2.24, 2.45) is 0 Å². The summed E-state index contributed by atoms with van der Waals surface area (Å²) in [5.41, 5.74) is 1.21. The minimum absolute atomic E-state index is 0.0977. The number of benzene rings is 2. The van der Waals surface area contributed by atoms with Crippen LogP contribution in [0.15, 0.2) is 54.6 Å². The van der Waals surface area contributed by atoms with E-state index in [1.54, 1.807) is 24.3 Å². The van der Waals surface area contributed by atoms with Crippen molar-refractivity contribution in [2.45, 2.75) is 13.3 Å². The highest BCUT2D eigenvalue weighted by molar-refractivity contribution is 5.73. The molecule has 0 unspecified atom stereocenters. The van der Waals surface area contributed by atoms with Crippen molar-refractivity contribution in [3.8, 4) is 11.5 Å². The molecule has 0 saturated carbocycles. The summed E-state index contributed by atoms with van der Waals surface area (Å²) in [4.78, 5) is 11.6. The molecular weight excluding hydrogens is 240 g/mol. The van der Waals surface area contributed by atoms with Crippen LogP contribution in [0.2, 0.25) is 0 Å². The van der Waals surface area contributed by atoms with Crippen LogP contribution in [0.3, 0.4) is 0 Å². The van der Waals surface area contributed by atoms with E-state index >= 15 is 0 Å². The highest BCUT2D eigenvalue weighted by Gasteiger charge is 2.05. The van der Waals surface area contributed by atoms with Crippen molar-refractivity contribution >= 4 is 5.97 Å². The topological polar surface area (TPSA) is 35.5 Å². The molecule has 0 aliphatic heterocycles. The standard InChI is InChI=1S/C16H16O3/c1-2-13-8-10-15(11-9-13)19-16(17)12-18-14-6-4-3-5-7-14/h3-11H,2,12H2,1H3. The molecule has 0 radical (unpaired) electrons. The van der Waals surface area contributed by atoms with Gasteiger partial charge in [-0.15, -0.1) is 0 Å². The summed E-state index contributed by atoms with van der Waals surface area (Å²) in [7, 11) is 0. The van der Waals surface area contributed by atoms with E-state index in [0.717, 1.165) is 6.42 Å². The Hall–Kier alpha value is -2.29. The highest BCUT2D eigenvalue weighted by Crippen LogP contribution is 2.13. The molecule has 0 N–H and O–H groups in total. The van der Waals surface area contributed by atoms with E-state index in [1.807, 2.05) is 30.3 Å². The van der Waals surface area contributed by atoms with E-state index in [4.69, 9.17) is 9.47 Å². The predicted molar refractivity (Wildman–Crippen MR) is 73.4 cm³/mol. The van der Waals surface area contributed by atoms with Crippen LogP contribution in [0.4, 0.5) is 0 Å². The SMILES string of the molecule is CCc1ccc(OC(=O)COc2ccccc2)cc1. The van der Waals surface area contributed by atoms with Gasteiger partial charge in [-0.2, -0.15) is 0 Å². The van der Waals surface area contributed by atoms with Gasteiger partial charge in [0, 0.05) is 0 Å². The summed E-state index contributed by atoms with van der Waals surface area (Å²) in [5, 5.41) is 0. The maximum Gasteiger partial charge on any atom is 0.349 e. The second-order valence-corrected chi connectivity index (χ2v) is 4.07. The van der Waals surface area contributed by atoms with Gasteiger partial charge in [0.25, 0.3) is 0 Å². The van der Waals surface area contributed by atoms with Gasteiger partial charge in [0.2, 0.25) is 0 Å². The van der Waals surface area contributed by atoms with E-state index in [1.165, 1.54) is 5.56 Å². The molecule has 0 aromatic heterocycles. The number of rotatable bonds is 5. The maximum atomic E-state index is 11.6. The van der Waals surface area contributed by atoms with Crippen molar-refractivity contribution in [1.29, 1.82) is 0 Å². The second kappa shape index (κ2) is 6.59. The molecule has 2 rings (SSSR count). The van der Waals surface area contributed by atoms with Crippen molar-refractivity contribution in [3.05, 3.63) is 60.2 Å². The summed E-state index contributed by atoms with van der Waals surface area (Å²) >= 11 is 0. The molecule has 98 valence electrons. The van der Waals surface area contributed by atoms with E-state index in [0.29, 0.717) is 11.5 Å². The molecule has 0 bridgehead atoms. The van der Waals surface area contributed by atoms with E-state index in [9.17, 15) is 4.79 Å². The fraction of sp³-hybridized carbons (Fsp3) is 0.188. The lowest BCUT2D eigenvalue weighted by Crippen LogP contribution is -2.17. The molecule has 3 heteroatoms. The Bertz CT molecular complexity index is 517. The molecule has 2 aromatic rings. The van der Waals surface area contributed by atoms with Crippen LogP contribution >= 0.6 is 0 Å². The molecule has 19 heavy (non-hydrogen) atoms.